The molecule has 0 aliphatic carbocycles. The van der Waals surface area contributed by atoms with E-state index in [0.717, 1.165) is 25.1 Å². The molecule has 3 aromatic rings. The highest BCUT2D eigenvalue weighted by atomic mass is 16.6. The molecule has 2 aromatic heterocycles. The third-order valence-electron chi connectivity index (χ3n) is 5.25. The zero-order valence-electron chi connectivity index (χ0n) is 20.7. The molecule has 0 aliphatic rings. The van der Waals surface area contributed by atoms with Crippen molar-refractivity contribution in [3.05, 3.63) is 57.8 Å². The molecule has 0 saturated heterocycles. The fourth-order valence-corrected chi connectivity index (χ4v) is 3.65. The molecule has 1 unspecified atom stereocenters. The normalized spacial score (nSPS) is 12.6. The number of hydrogen-bond donors (Lipinski definition) is 2. The number of aromatic nitrogens is 3. The number of aryl methyl sites for hydroxylation is 1. The van der Waals surface area contributed by atoms with Gasteiger partial charge in [0.2, 0.25) is 0 Å². The van der Waals surface area contributed by atoms with Crippen molar-refractivity contribution in [1.82, 2.24) is 25.3 Å². The van der Waals surface area contributed by atoms with Crippen molar-refractivity contribution in [3.63, 3.8) is 0 Å². The first-order chi connectivity index (χ1) is 16.1. The van der Waals surface area contributed by atoms with Crippen LogP contribution >= 0.6 is 0 Å². The third kappa shape index (κ3) is 7.15. The van der Waals surface area contributed by atoms with Gasteiger partial charge in [-0.3, -0.25) is 9.36 Å². The SMILES string of the molecule is Cc1noc2nc(CC(C)CNCCCNC(=O)OC(C)(C)C)n(Cc3ccccc3)c(=O)c12. The van der Waals surface area contributed by atoms with Gasteiger partial charge < -0.3 is 19.9 Å². The summed E-state index contributed by atoms with van der Waals surface area (Å²) in [7, 11) is 0. The van der Waals surface area contributed by atoms with Crippen LogP contribution in [0.3, 0.4) is 0 Å². The molecule has 9 heteroatoms. The Balaban J connectivity index is 1.58. The van der Waals surface area contributed by atoms with Gasteiger partial charge in [-0.05, 0) is 58.7 Å². The second-order valence-corrected chi connectivity index (χ2v) is 9.65. The predicted octanol–water partition coefficient (Wildman–Crippen LogP) is 3.42. The van der Waals surface area contributed by atoms with Gasteiger partial charge in [-0.25, -0.2) is 4.79 Å². The number of nitrogens with one attached hydrogen (secondary N) is 2. The smallest absolute Gasteiger partial charge is 0.407 e. The Bertz CT molecular complexity index is 1150. The number of carbonyl (C=O) groups is 1. The summed E-state index contributed by atoms with van der Waals surface area (Å²) in [5.41, 5.74) is 1.24. The summed E-state index contributed by atoms with van der Waals surface area (Å²) in [5, 5.41) is 10.5. The van der Waals surface area contributed by atoms with E-state index in [9.17, 15) is 9.59 Å². The summed E-state index contributed by atoms with van der Waals surface area (Å²) in [4.78, 5) is 29.6. The molecule has 1 aromatic carbocycles. The third-order valence-corrected chi connectivity index (χ3v) is 5.25. The number of nitrogens with zero attached hydrogens (tertiary/aromatic N) is 3. The molecule has 0 aliphatic heterocycles. The number of fused-ring (bicyclic) bond motifs is 1. The Hall–Kier alpha value is -3.20. The minimum atomic E-state index is -0.499. The fraction of sp³-hybridized carbons (Fsp3) is 0.520. The molecular weight excluding hydrogens is 434 g/mol. The first-order valence-corrected chi connectivity index (χ1v) is 11.7. The summed E-state index contributed by atoms with van der Waals surface area (Å²) in [5.74, 6) is 0.910. The molecule has 0 saturated carbocycles. The number of amides is 1. The maximum Gasteiger partial charge on any atom is 0.407 e. The monoisotopic (exact) mass is 469 g/mol. The minimum Gasteiger partial charge on any atom is -0.444 e. The molecule has 2 heterocycles. The highest BCUT2D eigenvalue weighted by Crippen LogP contribution is 2.15. The van der Waals surface area contributed by atoms with Gasteiger partial charge in [-0.1, -0.05) is 42.4 Å². The fourth-order valence-electron chi connectivity index (χ4n) is 3.65. The zero-order valence-corrected chi connectivity index (χ0v) is 20.7. The van der Waals surface area contributed by atoms with Gasteiger partial charge in [0.1, 0.15) is 16.8 Å². The van der Waals surface area contributed by atoms with Gasteiger partial charge in [0.15, 0.2) is 0 Å². The summed E-state index contributed by atoms with van der Waals surface area (Å²) < 4.78 is 12.2. The minimum absolute atomic E-state index is 0.129. The van der Waals surface area contributed by atoms with Crippen LogP contribution in [-0.4, -0.2) is 46.0 Å². The molecule has 0 bridgehead atoms. The number of alkyl carbamates (subject to hydrolysis) is 1. The van der Waals surface area contributed by atoms with Gasteiger partial charge in [-0.15, -0.1) is 0 Å². The van der Waals surface area contributed by atoms with Crippen LogP contribution in [0, 0.1) is 12.8 Å². The second kappa shape index (κ2) is 11.3. The predicted molar refractivity (Wildman–Crippen MR) is 131 cm³/mol. The lowest BCUT2D eigenvalue weighted by atomic mass is 10.1. The van der Waals surface area contributed by atoms with Crippen LogP contribution in [-0.2, 0) is 17.7 Å². The standard InChI is InChI=1S/C25H35N5O4/c1-17(15-26-12-9-13-27-24(32)33-25(3,4)5)14-20-28-22-21(18(2)29-34-22)23(31)30(20)16-19-10-7-6-8-11-19/h6-8,10-11,17,26H,9,12-16H2,1-5H3,(H,27,32). The number of rotatable bonds is 10. The quantitative estimate of drug-likeness (QED) is 0.438. The lowest BCUT2D eigenvalue weighted by molar-refractivity contribution is 0.0527. The van der Waals surface area contributed by atoms with Gasteiger partial charge in [0, 0.05) is 13.0 Å². The van der Waals surface area contributed by atoms with E-state index in [1.807, 2.05) is 51.1 Å². The Morgan fingerprint density at radius 3 is 2.65 bits per heavy atom. The molecule has 34 heavy (non-hydrogen) atoms. The molecule has 1 amide bonds. The Morgan fingerprint density at radius 2 is 1.94 bits per heavy atom. The largest absolute Gasteiger partial charge is 0.444 e. The van der Waals surface area contributed by atoms with E-state index in [4.69, 9.17) is 9.26 Å². The van der Waals surface area contributed by atoms with Crippen molar-refractivity contribution in [2.24, 2.45) is 5.92 Å². The van der Waals surface area contributed by atoms with Crippen molar-refractivity contribution in [3.8, 4) is 0 Å². The molecule has 184 valence electrons. The zero-order chi connectivity index (χ0) is 24.7. The molecule has 9 nitrogen and oxygen atoms in total. The molecule has 3 rings (SSSR count). The summed E-state index contributed by atoms with van der Waals surface area (Å²) in [6, 6.07) is 9.87. The van der Waals surface area contributed by atoms with Crippen molar-refractivity contribution in [2.75, 3.05) is 19.6 Å². The Morgan fingerprint density at radius 1 is 1.21 bits per heavy atom. The topological polar surface area (TPSA) is 111 Å². The van der Waals surface area contributed by atoms with E-state index in [2.05, 4.69) is 27.7 Å². The number of hydrogen-bond acceptors (Lipinski definition) is 7. The van der Waals surface area contributed by atoms with Crippen LogP contribution in [0.2, 0.25) is 0 Å². The summed E-state index contributed by atoms with van der Waals surface area (Å²) >= 11 is 0. The van der Waals surface area contributed by atoms with E-state index < -0.39 is 11.7 Å². The maximum absolute atomic E-state index is 13.3. The van der Waals surface area contributed by atoms with Gasteiger partial charge in [0.25, 0.3) is 11.3 Å². The van der Waals surface area contributed by atoms with Crippen molar-refractivity contribution in [2.45, 2.75) is 59.6 Å². The van der Waals surface area contributed by atoms with Crippen LogP contribution in [0.5, 0.6) is 0 Å². The van der Waals surface area contributed by atoms with Gasteiger partial charge in [-0.2, -0.15) is 4.98 Å². The molecule has 0 radical (unpaired) electrons. The molecular formula is C25H35N5O4. The van der Waals surface area contributed by atoms with E-state index >= 15 is 0 Å². The lowest BCUT2D eigenvalue weighted by Gasteiger charge is -2.19. The molecule has 1 atom stereocenters. The number of carbonyl (C=O) groups excluding carboxylic acids is 1. The molecule has 2 N–H and O–H groups in total. The second-order valence-electron chi connectivity index (χ2n) is 9.65. The van der Waals surface area contributed by atoms with Crippen molar-refractivity contribution >= 4 is 17.2 Å². The van der Waals surface area contributed by atoms with Crippen LogP contribution < -0.4 is 16.2 Å². The first-order valence-electron chi connectivity index (χ1n) is 11.7. The van der Waals surface area contributed by atoms with E-state index in [0.29, 0.717) is 36.4 Å². The van der Waals surface area contributed by atoms with Crippen LogP contribution in [0.4, 0.5) is 4.79 Å². The van der Waals surface area contributed by atoms with Gasteiger partial charge in [0.05, 0.1) is 12.2 Å². The Kier molecular flexibility index (Phi) is 8.44. The van der Waals surface area contributed by atoms with Crippen LogP contribution in [0.25, 0.3) is 11.1 Å². The van der Waals surface area contributed by atoms with E-state index in [1.54, 1.807) is 11.5 Å². The maximum atomic E-state index is 13.3. The summed E-state index contributed by atoms with van der Waals surface area (Å²) in [6.45, 7) is 11.9. The van der Waals surface area contributed by atoms with E-state index in [1.165, 1.54) is 0 Å². The highest BCUT2D eigenvalue weighted by molar-refractivity contribution is 5.74. The summed E-state index contributed by atoms with van der Waals surface area (Å²) in [6.07, 6.45) is 0.994. The van der Waals surface area contributed by atoms with Crippen molar-refractivity contribution in [1.29, 1.82) is 0 Å². The average Bonchev–Trinajstić information content (AvgIpc) is 3.13. The van der Waals surface area contributed by atoms with E-state index in [-0.39, 0.29) is 17.2 Å². The highest BCUT2D eigenvalue weighted by Gasteiger charge is 2.19. The lowest BCUT2D eigenvalue weighted by Crippen LogP contribution is -2.34. The number of ether oxygens (including phenoxy) is 1. The van der Waals surface area contributed by atoms with Crippen LogP contribution in [0.15, 0.2) is 39.6 Å². The van der Waals surface area contributed by atoms with Gasteiger partial charge >= 0.3 is 6.09 Å². The average molecular weight is 470 g/mol. The van der Waals surface area contributed by atoms with Crippen molar-refractivity contribution < 1.29 is 14.1 Å². The Labute approximate surface area is 199 Å². The van der Waals surface area contributed by atoms with Crippen LogP contribution in [0.1, 0.15) is 51.2 Å². The molecule has 0 fully saturated rings. The number of benzene rings is 1. The first kappa shape index (κ1) is 25.4. The molecule has 0 spiro atoms.